The van der Waals surface area contributed by atoms with Crippen LogP contribution in [0.4, 0.5) is 0 Å². The average molecular weight is 552 g/mol. The Morgan fingerprint density at radius 3 is 1.27 bits per heavy atom. The van der Waals surface area contributed by atoms with Gasteiger partial charge in [-0.1, -0.05) is 104 Å². The van der Waals surface area contributed by atoms with E-state index in [1.165, 1.54) is 90.6 Å². The largest absolute Gasteiger partial charge is 2.00 e. The Kier molecular flexibility index (Phi) is 34.5. The van der Waals surface area contributed by atoms with E-state index in [4.69, 9.17) is 4.74 Å². The van der Waals surface area contributed by atoms with Gasteiger partial charge in [-0.15, -0.1) is 0 Å². The average Bonchev–Trinajstić information content (AvgIpc) is 2.69. The smallest absolute Gasteiger partial charge is 0.550 e. The van der Waals surface area contributed by atoms with E-state index in [-0.39, 0.29) is 67.8 Å². The second-order valence-electron chi connectivity index (χ2n) is 7.91. The van der Waals surface area contributed by atoms with Gasteiger partial charge >= 0.3 is 48.9 Å². The molecule has 0 radical (unpaired) electrons. The van der Waals surface area contributed by atoms with Gasteiger partial charge < -0.3 is 24.5 Å². The van der Waals surface area contributed by atoms with Gasteiger partial charge in [0.1, 0.15) is 0 Å². The Bertz CT molecular complexity index is 360. The van der Waals surface area contributed by atoms with Gasteiger partial charge in [-0.25, -0.2) is 0 Å². The molecule has 0 spiro atoms. The third kappa shape index (κ3) is 33.1. The summed E-state index contributed by atoms with van der Waals surface area (Å²) in [5.41, 5.74) is 0. The van der Waals surface area contributed by atoms with Crippen molar-refractivity contribution in [2.75, 3.05) is 7.11 Å². The Morgan fingerprint density at radius 1 is 0.667 bits per heavy atom. The molecule has 0 N–H and O–H groups in total. The summed E-state index contributed by atoms with van der Waals surface area (Å²) >= 11 is 0. The summed E-state index contributed by atoms with van der Waals surface area (Å²) in [7, 11) is 1.50. The van der Waals surface area contributed by atoms with Crippen molar-refractivity contribution in [1.82, 2.24) is 0 Å². The molecule has 174 valence electrons. The van der Waals surface area contributed by atoms with Gasteiger partial charge in [0, 0.05) is 25.5 Å². The zero-order chi connectivity index (χ0) is 22.2. The summed E-state index contributed by atoms with van der Waals surface area (Å²) in [6.07, 6.45) is 20.4. The van der Waals surface area contributed by atoms with Crippen LogP contribution in [0.1, 0.15) is 129 Å². The number of carboxylic acids is 2. The third-order valence-electron chi connectivity index (χ3n) is 5.17. The van der Waals surface area contributed by atoms with Gasteiger partial charge in [-0.2, -0.15) is 0 Å². The fraction of sp³-hybridized carbons (Fsp3) is 0.917. The molecule has 0 fully saturated rings. The normalized spacial score (nSPS) is 11.2. The number of hydrogen-bond acceptors (Lipinski definition) is 5. The zero-order valence-corrected chi connectivity index (χ0v) is 24.5. The number of carboxylic acid groups (broad SMARTS) is 2. The molecule has 0 aliphatic carbocycles. The minimum atomic E-state index is -1.05. The van der Waals surface area contributed by atoms with Gasteiger partial charge in [0.2, 0.25) is 0 Å². The van der Waals surface area contributed by atoms with Crippen molar-refractivity contribution >= 4 is 60.8 Å². The molecule has 0 saturated carbocycles. The molecule has 0 bridgehead atoms. The van der Waals surface area contributed by atoms with E-state index in [1.54, 1.807) is 0 Å². The van der Waals surface area contributed by atoms with Crippen LogP contribution in [0.25, 0.3) is 0 Å². The van der Waals surface area contributed by atoms with Crippen LogP contribution >= 0.6 is 0 Å². The SMILES string of the molecule is CCC(CC(=O)[O-])OC.CCCCCCCCCCCCCCCCCC(=O)[O-].[Ba+2]. The molecule has 1 unspecified atom stereocenters. The monoisotopic (exact) mass is 552 g/mol. The molecule has 0 aromatic carbocycles. The molecule has 30 heavy (non-hydrogen) atoms. The number of unbranched alkanes of at least 4 members (excludes halogenated alkanes) is 14. The summed E-state index contributed by atoms with van der Waals surface area (Å²) in [5, 5.41) is 20.2. The fourth-order valence-electron chi connectivity index (χ4n) is 3.22. The van der Waals surface area contributed by atoms with Crippen LogP contribution in [0.2, 0.25) is 0 Å². The van der Waals surface area contributed by atoms with Crippen molar-refractivity contribution in [1.29, 1.82) is 0 Å². The van der Waals surface area contributed by atoms with Crippen LogP contribution in [0.5, 0.6) is 0 Å². The van der Waals surface area contributed by atoms with Gasteiger partial charge in [0.05, 0.1) is 6.10 Å². The van der Waals surface area contributed by atoms with Crippen LogP contribution < -0.4 is 10.2 Å². The number of rotatable bonds is 20. The molecule has 0 aliphatic rings. The van der Waals surface area contributed by atoms with Crippen molar-refractivity contribution in [3.63, 3.8) is 0 Å². The second kappa shape index (κ2) is 29.5. The quantitative estimate of drug-likeness (QED) is 0.167. The van der Waals surface area contributed by atoms with Crippen molar-refractivity contribution in [2.24, 2.45) is 0 Å². The first-order chi connectivity index (χ1) is 14.0. The van der Waals surface area contributed by atoms with Crippen molar-refractivity contribution in [2.45, 2.75) is 136 Å². The Balaban J connectivity index is -0.000000616. The molecule has 1 atom stereocenters. The van der Waals surface area contributed by atoms with E-state index in [0.29, 0.717) is 6.42 Å². The van der Waals surface area contributed by atoms with Crippen LogP contribution in [-0.2, 0) is 14.3 Å². The number of carbonyl (C=O) groups excluding carboxylic acids is 2. The molecule has 5 nitrogen and oxygen atoms in total. The van der Waals surface area contributed by atoms with Gasteiger partial charge in [0.15, 0.2) is 0 Å². The molecule has 0 aliphatic heterocycles. The zero-order valence-electron chi connectivity index (χ0n) is 20.1. The van der Waals surface area contributed by atoms with Crippen LogP contribution in [0.15, 0.2) is 0 Å². The third-order valence-corrected chi connectivity index (χ3v) is 5.17. The van der Waals surface area contributed by atoms with Crippen LogP contribution in [0.3, 0.4) is 0 Å². The molecule has 0 aromatic rings. The first-order valence-electron chi connectivity index (χ1n) is 11.9. The van der Waals surface area contributed by atoms with Crippen LogP contribution in [0, 0.1) is 0 Å². The van der Waals surface area contributed by atoms with Gasteiger partial charge in [-0.05, 0) is 19.3 Å². The van der Waals surface area contributed by atoms with Crippen molar-refractivity contribution in [3.05, 3.63) is 0 Å². The van der Waals surface area contributed by atoms with Crippen molar-refractivity contribution in [3.8, 4) is 0 Å². The predicted octanol–water partition coefficient (Wildman–Crippen LogP) is 4.17. The van der Waals surface area contributed by atoms with Gasteiger partial charge in [-0.3, -0.25) is 0 Å². The molecule has 0 rings (SSSR count). The van der Waals surface area contributed by atoms with E-state index < -0.39 is 11.9 Å². The summed E-state index contributed by atoms with van der Waals surface area (Å²) in [5.74, 6) is -1.96. The first kappa shape index (κ1) is 35.1. The molecule has 6 heteroatoms. The summed E-state index contributed by atoms with van der Waals surface area (Å²) < 4.78 is 4.79. The Labute approximate surface area is 226 Å². The standard InChI is InChI=1S/C18H36O2.C6H12O3.Ba/c1-2-3-4-5-6-7-8-9-10-11-12-13-14-15-16-17-18(19)20;1-3-5(9-2)4-6(7)8;/h2-17H2,1H3,(H,19,20);5H,3-4H2,1-2H3,(H,7,8);/q;;+2/p-2. The number of methoxy groups -OCH3 is 1. The number of hydrogen-bond donors (Lipinski definition) is 0. The molecule has 0 aromatic heterocycles. The minimum Gasteiger partial charge on any atom is -0.550 e. The van der Waals surface area contributed by atoms with E-state index in [9.17, 15) is 19.8 Å². The minimum absolute atomic E-state index is 0. The summed E-state index contributed by atoms with van der Waals surface area (Å²) in [6, 6.07) is 0. The van der Waals surface area contributed by atoms with Crippen molar-refractivity contribution < 1.29 is 24.5 Å². The van der Waals surface area contributed by atoms with E-state index in [0.717, 1.165) is 12.8 Å². The van der Waals surface area contributed by atoms with E-state index in [1.807, 2.05) is 6.92 Å². The van der Waals surface area contributed by atoms with Gasteiger partial charge in [0.25, 0.3) is 0 Å². The predicted molar refractivity (Wildman–Crippen MR) is 121 cm³/mol. The van der Waals surface area contributed by atoms with E-state index in [2.05, 4.69) is 6.92 Å². The topological polar surface area (TPSA) is 89.5 Å². The molecular weight excluding hydrogens is 506 g/mol. The number of carbonyl (C=O) groups is 2. The maximum absolute atomic E-state index is 10.2. The summed E-state index contributed by atoms with van der Waals surface area (Å²) in [4.78, 5) is 20.2. The Morgan fingerprint density at radius 2 is 1.03 bits per heavy atom. The number of aliphatic carboxylic acids is 2. The Hall–Kier alpha value is 0.471. The second-order valence-corrected chi connectivity index (χ2v) is 7.91. The maximum Gasteiger partial charge on any atom is 2.00 e. The first-order valence-corrected chi connectivity index (χ1v) is 11.9. The molecule has 0 amide bonds. The number of ether oxygens (including phenoxy) is 1. The molecule has 0 saturated heterocycles. The van der Waals surface area contributed by atoms with E-state index >= 15 is 0 Å². The summed E-state index contributed by atoms with van der Waals surface area (Å²) in [6.45, 7) is 4.14. The van der Waals surface area contributed by atoms with Crippen LogP contribution in [-0.4, -0.2) is 74.0 Å². The fourth-order valence-corrected chi connectivity index (χ4v) is 3.22. The molecular formula is C24H46BaO5. The molecule has 0 heterocycles. The maximum atomic E-state index is 10.2.